The van der Waals surface area contributed by atoms with Gasteiger partial charge in [-0.05, 0) is 57.2 Å². The predicted molar refractivity (Wildman–Crippen MR) is 113 cm³/mol. The molecule has 0 fully saturated rings. The van der Waals surface area contributed by atoms with E-state index in [4.69, 9.17) is 9.47 Å². The maximum absolute atomic E-state index is 13.3. The Balaban J connectivity index is 2.36. The van der Waals surface area contributed by atoms with E-state index in [1.54, 1.807) is 43.3 Å². The van der Waals surface area contributed by atoms with Crippen molar-refractivity contribution in [2.45, 2.75) is 31.7 Å². The van der Waals surface area contributed by atoms with Crippen LogP contribution in [-0.4, -0.2) is 47.2 Å². The Morgan fingerprint density at radius 2 is 1.72 bits per heavy atom. The van der Waals surface area contributed by atoms with Crippen LogP contribution >= 0.6 is 0 Å². The van der Waals surface area contributed by atoms with Crippen LogP contribution in [0.15, 0.2) is 53.4 Å². The quantitative estimate of drug-likeness (QED) is 0.639. The average Bonchev–Trinajstić information content (AvgIpc) is 2.67. The second-order valence-electron chi connectivity index (χ2n) is 6.68. The van der Waals surface area contributed by atoms with Gasteiger partial charge in [0.05, 0.1) is 23.8 Å². The van der Waals surface area contributed by atoms with Crippen molar-refractivity contribution in [1.29, 1.82) is 0 Å². The van der Waals surface area contributed by atoms with Crippen molar-refractivity contribution in [2.24, 2.45) is 0 Å². The molecule has 0 aliphatic rings. The van der Waals surface area contributed by atoms with Crippen LogP contribution in [0.1, 0.15) is 19.4 Å². The molecule has 0 saturated heterocycles. The molecule has 1 amide bonds. The maximum Gasteiger partial charge on any atom is 0.264 e. The van der Waals surface area contributed by atoms with Gasteiger partial charge in [-0.1, -0.05) is 17.7 Å². The third-order valence-electron chi connectivity index (χ3n) is 4.16. The summed E-state index contributed by atoms with van der Waals surface area (Å²) < 4.78 is 38.1. The van der Waals surface area contributed by atoms with Crippen molar-refractivity contribution >= 4 is 21.6 Å². The summed E-state index contributed by atoms with van der Waals surface area (Å²) in [5, 5.41) is 2.75. The number of benzene rings is 2. The molecule has 158 valence electrons. The van der Waals surface area contributed by atoms with Crippen molar-refractivity contribution in [3.05, 3.63) is 54.1 Å². The first-order valence-corrected chi connectivity index (χ1v) is 10.8. The van der Waals surface area contributed by atoms with Crippen molar-refractivity contribution < 1.29 is 22.7 Å². The van der Waals surface area contributed by atoms with E-state index in [0.29, 0.717) is 24.7 Å². The molecule has 1 N–H and O–H groups in total. The number of hydrogen-bond donors (Lipinski definition) is 1. The zero-order valence-electron chi connectivity index (χ0n) is 17.2. The number of methoxy groups -OCH3 is 1. The van der Waals surface area contributed by atoms with Gasteiger partial charge in [0.2, 0.25) is 5.91 Å². The first-order valence-electron chi connectivity index (χ1n) is 9.38. The Morgan fingerprint density at radius 1 is 1.10 bits per heavy atom. The summed E-state index contributed by atoms with van der Waals surface area (Å²) in [4.78, 5) is 12.6. The Bertz CT molecular complexity index is 896. The van der Waals surface area contributed by atoms with Crippen LogP contribution in [-0.2, 0) is 19.6 Å². The fourth-order valence-electron chi connectivity index (χ4n) is 2.77. The Morgan fingerprint density at radius 3 is 2.28 bits per heavy atom. The largest absolute Gasteiger partial charge is 0.494 e. The van der Waals surface area contributed by atoms with Crippen LogP contribution in [0.4, 0.5) is 5.69 Å². The lowest BCUT2D eigenvalue weighted by molar-refractivity contribution is -0.120. The second-order valence-corrected chi connectivity index (χ2v) is 8.54. The minimum atomic E-state index is -3.94. The van der Waals surface area contributed by atoms with Gasteiger partial charge in [0.15, 0.2) is 0 Å². The zero-order chi connectivity index (χ0) is 21.4. The SMILES string of the molecule is CCOc1ccc(N(CC(=O)N[C@H](C)COC)S(=O)(=O)c2ccc(C)cc2)cc1. The third kappa shape index (κ3) is 6.20. The minimum absolute atomic E-state index is 0.120. The number of nitrogens with zero attached hydrogens (tertiary/aromatic N) is 1. The highest BCUT2D eigenvalue weighted by atomic mass is 32.2. The van der Waals surface area contributed by atoms with Crippen LogP contribution < -0.4 is 14.4 Å². The molecule has 0 heterocycles. The number of hydrogen-bond acceptors (Lipinski definition) is 5. The predicted octanol–water partition coefficient (Wildman–Crippen LogP) is 2.74. The van der Waals surface area contributed by atoms with Crippen molar-refractivity contribution in [3.63, 3.8) is 0 Å². The molecule has 0 unspecified atom stereocenters. The van der Waals surface area contributed by atoms with Gasteiger partial charge in [-0.3, -0.25) is 9.10 Å². The van der Waals surface area contributed by atoms with E-state index >= 15 is 0 Å². The van der Waals surface area contributed by atoms with Crippen LogP contribution in [0.3, 0.4) is 0 Å². The number of nitrogens with one attached hydrogen (secondary N) is 1. The molecule has 2 aromatic rings. The molecule has 7 nitrogen and oxygen atoms in total. The van der Waals surface area contributed by atoms with E-state index in [-0.39, 0.29) is 17.5 Å². The highest BCUT2D eigenvalue weighted by Gasteiger charge is 2.27. The normalized spacial score (nSPS) is 12.3. The molecule has 0 aliphatic heterocycles. The summed E-state index contributed by atoms with van der Waals surface area (Å²) in [5.41, 5.74) is 1.33. The van der Waals surface area contributed by atoms with Crippen LogP contribution in [0.5, 0.6) is 5.75 Å². The molecule has 1 atom stereocenters. The summed E-state index contributed by atoms with van der Waals surface area (Å²) in [6.45, 7) is 6.03. The second kappa shape index (κ2) is 10.3. The lowest BCUT2D eigenvalue weighted by Crippen LogP contribution is -2.44. The summed E-state index contributed by atoms with van der Waals surface area (Å²) in [5.74, 6) is 0.209. The van der Waals surface area contributed by atoms with Gasteiger partial charge in [-0.25, -0.2) is 8.42 Å². The lowest BCUT2D eigenvalue weighted by atomic mass is 10.2. The molecule has 0 bridgehead atoms. The molecular formula is C21H28N2O5S. The number of sulfonamides is 1. The highest BCUT2D eigenvalue weighted by molar-refractivity contribution is 7.92. The number of carbonyl (C=O) groups is 1. The highest BCUT2D eigenvalue weighted by Crippen LogP contribution is 2.26. The van der Waals surface area contributed by atoms with Crippen LogP contribution in [0, 0.1) is 6.92 Å². The summed E-state index contributed by atoms with van der Waals surface area (Å²) >= 11 is 0. The Kier molecular flexibility index (Phi) is 8.04. The Labute approximate surface area is 172 Å². The average molecular weight is 421 g/mol. The lowest BCUT2D eigenvalue weighted by Gasteiger charge is -2.25. The third-order valence-corrected chi connectivity index (χ3v) is 5.94. The van der Waals surface area contributed by atoms with Gasteiger partial charge >= 0.3 is 0 Å². The van der Waals surface area contributed by atoms with Gasteiger partial charge in [-0.15, -0.1) is 0 Å². The van der Waals surface area contributed by atoms with E-state index in [2.05, 4.69) is 5.32 Å². The minimum Gasteiger partial charge on any atom is -0.494 e. The molecule has 0 aromatic heterocycles. The first-order chi connectivity index (χ1) is 13.8. The fourth-order valence-corrected chi connectivity index (χ4v) is 4.19. The number of amides is 1. The molecule has 0 spiro atoms. The molecule has 29 heavy (non-hydrogen) atoms. The summed E-state index contributed by atoms with van der Waals surface area (Å²) in [6, 6.07) is 12.9. The summed E-state index contributed by atoms with van der Waals surface area (Å²) in [6.07, 6.45) is 0. The number of aryl methyl sites for hydroxylation is 1. The number of carbonyl (C=O) groups excluding carboxylic acids is 1. The van der Waals surface area contributed by atoms with Crippen LogP contribution in [0.2, 0.25) is 0 Å². The Hall–Kier alpha value is -2.58. The van der Waals surface area contributed by atoms with E-state index in [0.717, 1.165) is 9.87 Å². The van der Waals surface area contributed by atoms with E-state index < -0.39 is 15.9 Å². The number of ether oxygens (including phenoxy) is 2. The topological polar surface area (TPSA) is 84.9 Å². The molecule has 0 aliphatic carbocycles. The first kappa shape index (κ1) is 22.7. The van der Waals surface area contributed by atoms with Crippen molar-refractivity contribution in [2.75, 3.05) is 31.2 Å². The fraction of sp³-hybridized carbons (Fsp3) is 0.381. The zero-order valence-corrected chi connectivity index (χ0v) is 18.0. The van der Waals surface area contributed by atoms with E-state index in [1.165, 1.54) is 19.2 Å². The smallest absolute Gasteiger partial charge is 0.264 e. The summed E-state index contributed by atoms with van der Waals surface area (Å²) in [7, 11) is -2.40. The number of anilines is 1. The molecule has 0 radical (unpaired) electrons. The molecule has 2 rings (SSSR count). The van der Waals surface area contributed by atoms with Gasteiger partial charge < -0.3 is 14.8 Å². The van der Waals surface area contributed by atoms with Crippen molar-refractivity contribution in [1.82, 2.24) is 5.32 Å². The van der Waals surface area contributed by atoms with Gasteiger partial charge in [0.1, 0.15) is 12.3 Å². The van der Waals surface area contributed by atoms with Gasteiger partial charge in [-0.2, -0.15) is 0 Å². The number of rotatable bonds is 10. The molecule has 8 heteroatoms. The molecule has 2 aromatic carbocycles. The maximum atomic E-state index is 13.3. The molecular weight excluding hydrogens is 392 g/mol. The van der Waals surface area contributed by atoms with Gasteiger partial charge in [0, 0.05) is 13.2 Å². The monoisotopic (exact) mass is 420 g/mol. The molecule has 0 saturated carbocycles. The standard InChI is InChI=1S/C21H28N2O5S/c1-5-28-19-10-8-18(9-11-19)23(14-21(24)22-17(3)15-27-4)29(25,26)20-12-6-16(2)7-13-20/h6-13,17H,5,14-15H2,1-4H3,(H,22,24)/t17-/m1/s1. The van der Waals surface area contributed by atoms with E-state index in [9.17, 15) is 13.2 Å². The van der Waals surface area contributed by atoms with Crippen molar-refractivity contribution in [3.8, 4) is 5.75 Å². The van der Waals surface area contributed by atoms with E-state index in [1.807, 2.05) is 13.8 Å². The van der Waals surface area contributed by atoms with Gasteiger partial charge in [0.25, 0.3) is 10.0 Å². The van der Waals surface area contributed by atoms with Crippen LogP contribution in [0.25, 0.3) is 0 Å².